The van der Waals surface area contributed by atoms with Crippen molar-refractivity contribution in [3.63, 3.8) is 0 Å². The standard InChI is InChI=1S/C8H13F3N4/c1-15-6(4-5-13-15)2-3-7(14-12)8(9,10)11/h4-5,7,14H,2-3,12H2,1H3. The Kier molecular flexibility index (Phi) is 3.70. The second kappa shape index (κ2) is 4.63. The maximum atomic E-state index is 12.3. The van der Waals surface area contributed by atoms with Crippen molar-refractivity contribution in [3.8, 4) is 0 Å². The van der Waals surface area contributed by atoms with Gasteiger partial charge in [0.05, 0.1) is 0 Å². The van der Waals surface area contributed by atoms with E-state index < -0.39 is 12.2 Å². The summed E-state index contributed by atoms with van der Waals surface area (Å²) in [4.78, 5) is 0. The summed E-state index contributed by atoms with van der Waals surface area (Å²) in [5.41, 5.74) is 2.52. The molecule has 1 rings (SSSR count). The summed E-state index contributed by atoms with van der Waals surface area (Å²) in [6.45, 7) is 0. The third-order valence-electron chi connectivity index (χ3n) is 2.21. The van der Waals surface area contributed by atoms with Crippen LogP contribution in [-0.2, 0) is 13.5 Å². The SMILES string of the molecule is Cn1nccc1CCC(NN)C(F)(F)F. The first kappa shape index (κ1) is 12.0. The van der Waals surface area contributed by atoms with Crippen LogP contribution in [0.3, 0.4) is 0 Å². The molecule has 1 heterocycles. The van der Waals surface area contributed by atoms with Crippen LogP contribution in [0.1, 0.15) is 12.1 Å². The van der Waals surface area contributed by atoms with Crippen LogP contribution in [0.5, 0.6) is 0 Å². The van der Waals surface area contributed by atoms with E-state index in [1.165, 1.54) is 0 Å². The molecule has 0 saturated carbocycles. The number of hydrazine groups is 1. The van der Waals surface area contributed by atoms with Crippen LogP contribution in [0.2, 0.25) is 0 Å². The molecule has 4 nitrogen and oxygen atoms in total. The molecule has 15 heavy (non-hydrogen) atoms. The summed E-state index contributed by atoms with van der Waals surface area (Å²) in [5.74, 6) is 4.84. The quantitative estimate of drug-likeness (QED) is 0.583. The Bertz CT molecular complexity index is 307. The molecular formula is C8H13F3N4. The van der Waals surface area contributed by atoms with Gasteiger partial charge in [0.25, 0.3) is 0 Å². The van der Waals surface area contributed by atoms with E-state index in [2.05, 4.69) is 5.10 Å². The molecule has 1 unspecified atom stereocenters. The number of nitrogens with one attached hydrogen (secondary N) is 1. The minimum atomic E-state index is -4.31. The molecule has 0 aliphatic heterocycles. The fourth-order valence-electron chi connectivity index (χ4n) is 1.28. The van der Waals surface area contributed by atoms with Crippen molar-refractivity contribution >= 4 is 0 Å². The molecular weight excluding hydrogens is 209 g/mol. The molecule has 0 aliphatic carbocycles. The van der Waals surface area contributed by atoms with Crippen LogP contribution in [0.25, 0.3) is 0 Å². The molecule has 0 saturated heterocycles. The van der Waals surface area contributed by atoms with Gasteiger partial charge in [0.1, 0.15) is 6.04 Å². The van der Waals surface area contributed by atoms with Gasteiger partial charge in [-0.25, -0.2) is 5.43 Å². The van der Waals surface area contributed by atoms with Crippen molar-refractivity contribution in [2.45, 2.75) is 25.1 Å². The van der Waals surface area contributed by atoms with Crippen LogP contribution >= 0.6 is 0 Å². The maximum absolute atomic E-state index is 12.3. The Balaban J connectivity index is 2.52. The minimum Gasteiger partial charge on any atom is -0.273 e. The van der Waals surface area contributed by atoms with Gasteiger partial charge in [-0.2, -0.15) is 18.3 Å². The summed E-state index contributed by atoms with van der Waals surface area (Å²) in [6.07, 6.45) is -2.58. The molecule has 1 aromatic rings. The molecule has 7 heteroatoms. The first-order chi connectivity index (χ1) is 6.95. The lowest BCUT2D eigenvalue weighted by molar-refractivity contribution is -0.157. The molecule has 3 N–H and O–H groups in total. The normalized spacial score (nSPS) is 14.2. The smallest absolute Gasteiger partial charge is 0.273 e. The van der Waals surface area contributed by atoms with Gasteiger partial charge in [-0.3, -0.25) is 10.5 Å². The number of aryl methyl sites for hydroxylation is 2. The number of hydrogen-bond donors (Lipinski definition) is 2. The molecule has 1 atom stereocenters. The molecule has 0 fully saturated rings. The molecule has 0 radical (unpaired) electrons. The minimum absolute atomic E-state index is 0.0977. The van der Waals surface area contributed by atoms with Crippen LogP contribution in [-0.4, -0.2) is 22.0 Å². The van der Waals surface area contributed by atoms with Crippen LogP contribution in [0.4, 0.5) is 13.2 Å². The van der Waals surface area contributed by atoms with Gasteiger partial charge in [0.15, 0.2) is 0 Å². The monoisotopic (exact) mass is 222 g/mol. The lowest BCUT2D eigenvalue weighted by atomic mass is 10.1. The zero-order chi connectivity index (χ0) is 11.5. The van der Waals surface area contributed by atoms with Crippen molar-refractivity contribution in [2.75, 3.05) is 0 Å². The van der Waals surface area contributed by atoms with Crippen molar-refractivity contribution in [2.24, 2.45) is 12.9 Å². The van der Waals surface area contributed by atoms with Gasteiger partial charge in [-0.05, 0) is 18.9 Å². The molecule has 0 amide bonds. The average molecular weight is 222 g/mol. The number of alkyl halides is 3. The van der Waals surface area contributed by atoms with E-state index in [1.54, 1.807) is 29.4 Å². The molecule has 0 aromatic carbocycles. The van der Waals surface area contributed by atoms with Gasteiger partial charge in [0.2, 0.25) is 0 Å². The zero-order valence-electron chi connectivity index (χ0n) is 8.25. The van der Waals surface area contributed by atoms with E-state index in [-0.39, 0.29) is 12.8 Å². The van der Waals surface area contributed by atoms with E-state index in [4.69, 9.17) is 5.84 Å². The van der Waals surface area contributed by atoms with Gasteiger partial charge < -0.3 is 0 Å². The van der Waals surface area contributed by atoms with Crippen molar-refractivity contribution in [1.82, 2.24) is 15.2 Å². The second-order valence-corrected chi connectivity index (χ2v) is 3.25. The average Bonchev–Trinajstić information content (AvgIpc) is 2.50. The molecule has 0 bridgehead atoms. The van der Waals surface area contributed by atoms with E-state index in [0.29, 0.717) is 0 Å². The Morgan fingerprint density at radius 1 is 1.60 bits per heavy atom. The predicted molar refractivity (Wildman–Crippen MR) is 48.7 cm³/mol. The van der Waals surface area contributed by atoms with Gasteiger partial charge >= 0.3 is 6.18 Å². The third kappa shape index (κ3) is 3.21. The number of nitrogens with two attached hydrogens (primary N) is 1. The summed E-state index contributed by atoms with van der Waals surface area (Å²) >= 11 is 0. The predicted octanol–water partition coefficient (Wildman–Crippen LogP) is 0.747. The Morgan fingerprint density at radius 2 is 2.27 bits per heavy atom. The van der Waals surface area contributed by atoms with Crippen molar-refractivity contribution < 1.29 is 13.2 Å². The highest BCUT2D eigenvalue weighted by Crippen LogP contribution is 2.22. The lowest BCUT2D eigenvalue weighted by Gasteiger charge is -2.18. The highest BCUT2D eigenvalue weighted by Gasteiger charge is 2.38. The number of aromatic nitrogens is 2. The fraction of sp³-hybridized carbons (Fsp3) is 0.625. The first-order valence-corrected chi connectivity index (χ1v) is 4.45. The fourth-order valence-corrected chi connectivity index (χ4v) is 1.28. The highest BCUT2D eigenvalue weighted by molar-refractivity contribution is 5.00. The summed E-state index contributed by atoms with van der Waals surface area (Å²) < 4.78 is 38.4. The lowest BCUT2D eigenvalue weighted by Crippen LogP contribution is -2.46. The topological polar surface area (TPSA) is 55.9 Å². The van der Waals surface area contributed by atoms with Crippen LogP contribution in [0.15, 0.2) is 12.3 Å². The number of halogens is 3. The van der Waals surface area contributed by atoms with E-state index in [1.807, 2.05) is 0 Å². The van der Waals surface area contributed by atoms with E-state index in [0.717, 1.165) is 5.69 Å². The number of nitrogens with zero attached hydrogens (tertiary/aromatic N) is 2. The zero-order valence-corrected chi connectivity index (χ0v) is 8.25. The summed E-state index contributed by atoms with van der Waals surface area (Å²) in [7, 11) is 1.69. The number of rotatable bonds is 4. The molecule has 86 valence electrons. The van der Waals surface area contributed by atoms with Crippen molar-refractivity contribution in [3.05, 3.63) is 18.0 Å². The highest BCUT2D eigenvalue weighted by atomic mass is 19.4. The molecule has 1 aromatic heterocycles. The number of hydrogen-bond acceptors (Lipinski definition) is 3. The van der Waals surface area contributed by atoms with Crippen LogP contribution < -0.4 is 11.3 Å². The van der Waals surface area contributed by atoms with Crippen LogP contribution in [0, 0.1) is 0 Å². The second-order valence-electron chi connectivity index (χ2n) is 3.25. The largest absolute Gasteiger partial charge is 0.405 e. The van der Waals surface area contributed by atoms with Gasteiger partial charge in [-0.15, -0.1) is 0 Å². The van der Waals surface area contributed by atoms with Gasteiger partial charge in [-0.1, -0.05) is 0 Å². The Labute approximate surface area is 85.2 Å². The third-order valence-corrected chi connectivity index (χ3v) is 2.21. The van der Waals surface area contributed by atoms with Crippen molar-refractivity contribution in [1.29, 1.82) is 0 Å². The molecule has 0 aliphatic rings. The molecule has 0 spiro atoms. The Morgan fingerprint density at radius 3 is 2.67 bits per heavy atom. The first-order valence-electron chi connectivity index (χ1n) is 4.45. The van der Waals surface area contributed by atoms with E-state index >= 15 is 0 Å². The summed E-state index contributed by atoms with van der Waals surface area (Å²) in [5, 5.41) is 3.87. The maximum Gasteiger partial charge on any atom is 0.405 e. The summed E-state index contributed by atoms with van der Waals surface area (Å²) in [6, 6.07) is 0.0108. The van der Waals surface area contributed by atoms with Gasteiger partial charge in [0, 0.05) is 18.9 Å². The Hall–Kier alpha value is -1.08. The van der Waals surface area contributed by atoms with E-state index in [9.17, 15) is 13.2 Å².